The molecule has 1 amide bonds. The molecule has 0 saturated carbocycles. The topological polar surface area (TPSA) is 55.6 Å². The van der Waals surface area contributed by atoms with E-state index in [1.165, 1.54) is 12.1 Å². The molecular weight excluding hydrogens is 465 g/mol. The van der Waals surface area contributed by atoms with Crippen molar-refractivity contribution in [3.8, 4) is 5.75 Å². The van der Waals surface area contributed by atoms with Gasteiger partial charge in [0.25, 0.3) is 0 Å². The van der Waals surface area contributed by atoms with Crippen LogP contribution in [-0.4, -0.2) is 15.3 Å². The van der Waals surface area contributed by atoms with E-state index in [1.807, 2.05) is 96.4 Å². The highest BCUT2D eigenvalue weighted by Crippen LogP contribution is 2.32. The minimum absolute atomic E-state index is 0.128. The molecule has 0 saturated heterocycles. The number of carbonyl (C=O) groups is 1. The van der Waals surface area contributed by atoms with Gasteiger partial charge in [-0.3, -0.25) is 4.79 Å². The molecule has 2 atom stereocenters. The summed E-state index contributed by atoms with van der Waals surface area (Å²) in [6, 6.07) is 29.7. The van der Waals surface area contributed by atoms with E-state index in [0.29, 0.717) is 23.6 Å². The Bertz CT molecular complexity index is 1480. The third kappa shape index (κ3) is 5.70. The maximum atomic E-state index is 14.2. The molecule has 0 unspecified atom stereocenters. The predicted octanol–water partition coefficient (Wildman–Crippen LogP) is 6.45. The largest absolute Gasteiger partial charge is 0.485 e. The number of nitrogens with zero attached hydrogens (tertiary/aromatic N) is 2. The van der Waals surface area contributed by atoms with Crippen LogP contribution in [-0.2, 0) is 11.4 Å². The van der Waals surface area contributed by atoms with Crippen molar-refractivity contribution in [3.63, 3.8) is 0 Å². The zero-order chi connectivity index (χ0) is 25.6. The summed E-state index contributed by atoms with van der Waals surface area (Å²) < 4.78 is 22.2. The number of pyridine rings is 1. The van der Waals surface area contributed by atoms with Gasteiger partial charge >= 0.3 is 0 Å². The molecule has 0 radical (unpaired) electrons. The Kier molecular flexibility index (Phi) is 7.26. The molecule has 1 N–H and O–H groups in total. The number of imidazole rings is 1. The number of hydrogen-bond donors (Lipinski definition) is 1. The third-order valence-corrected chi connectivity index (χ3v) is 6.44. The first-order chi connectivity index (χ1) is 18.1. The Morgan fingerprint density at radius 2 is 1.68 bits per heavy atom. The molecule has 6 heteroatoms. The van der Waals surface area contributed by atoms with Crippen molar-refractivity contribution in [3.05, 3.63) is 138 Å². The maximum absolute atomic E-state index is 14.2. The van der Waals surface area contributed by atoms with Gasteiger partial charge in [0, 0.05) is 24.7 Å². The zero-order valence-corrected chi connectivity index (χ0v) is 20.6. The number of carbonyl (C=O) groups excluding carboxylic acids is 1. The smallest absolute Gasteiger partial charge is 0.221 e. The van der Waals surface area contributed by atoms with E-state index in [9.17, 15) is 9.18 Å². The quantitative estimate of drug-likeness (QED) is 0.257. The van der Waals surface area contributed by atoms with Gasteiger partial charge in [0.15, 0.2) is 11.4 Å². The van der Waals surface area contributed by atoms with Crippen molar-refractivity contribution in [2.75, 3.05) is 0 Å². The molecule has 0 fully saturated rings. The van der Waals surface area contributed by atoms with Gasteiger partial charge in [-0.25, -0.2) is 9.37 Å². The van der Waals surface area contributed by atoms with Crippen LogP contribution in [0.15, 0.2) is 109 Å². The molecule has 5 nitrogen and oxygen atoms in total. The average Bonchev–Trinajstić information content (AvgIpc) is 3.36. The standard InChI is InChI=1S/C31H28FN3O2/c1-22(24-12-6-3-7-13-24)34-30(36)19-27(25-14-8-15-26(32)18-25)28-20-33-31-29(16-9-17-35(28)31)37-21-23-10-4-2-5-11-23/h2-18,20,22,27H,19,21H2,1H3,(H,34,36)/t22-,27+/m0/s1. The fourth-order valence-corrected chi connectivity index (χ4v) is 4.54. The Morgan fingerprint density at radius 1 is 0.946 bits per heavy atom. The molecule has 0 aliphatic heterocycles. The van der Waals surface area contributed by atoms with Crippen LogP contribution < -0.4 is 10.1 Å². The summed E-state index contributed by atoms with van der Waals surface area (Å²) in [4.78, 5) is 17.8. The van der Waals surface area contributed by atoms with Crippen LogP contribution in [0.1, 0.15) is 47.7 Å². The minimum Gasteiger partial charge on any atom is -0.485 e. The van der Waals surface area contributed by atoms with E-state index in [1.54, 1.807) is 12.3 Å². The summed E-state index contributed by atoms with van der Waals surface area (Å²) in [5.41, 5.74) is 4.22. The first-order valence-corrected chi connectivity index (χ1v) is 12.3. The van der Waals surface area contributed by atoms with Crippen molar-refractivity contribution >= 4 is 11.6 Å². The Labute approximate surface area is 215 Å². The fourth-order valence-electron chi connectivity index (χ4n) is 4.54. The second kappa shape index (κ2) is 11.1. The van der Waals surface area contributed by atoms with Crippen LogP contribution in [0.3, 0.4) is 0 Å². The van der Waals surface area contributed by atoms with Gasteiger partial charge in [-0.05, 0) is 47.9 Å². The molecule has 5 rings (SSSR count). The lowest BCUT2D eigenvalue weighted by Crippen LogP contribution is -2.28. The van der Waals surface area contributed by atoms with Gasteiger partial charge < -0.3 is 14.5 Å². The number of hydrogen-bond acceptors (Lipinski definition) is 3. The summed E-state index contributed by atoms with van der Waals surface area (Å²) >= 11 is 0. The van der Waals surface area contributed by atoms with Crippen LogP contribution in [0.5, 0.6) is 5.75 Å². The van der Waals surface area contributed by atoms with E-state index in [4.69, 9.17) is 4.74 Å². The van der Waals surface area contributed by atoms with Crippen molar-refractivity contribution in [1.82, 2.24) is 14.7 Å². The van der Waals surface area contributed by atoms with Gasteiger partial charge in [0.05, 0.1) is 11.7 Å². The normalized spacial score (nSPS) is 12.7. The average molecular weight is 494 g/mol. The highest BCUT2D eigenvalue weighted by molar-refractivity contribution is 5.78. The molecule has 0 bridgehead atoms. The SMILES string of the molecule is C[C@H](NC(=O)C[C@H](c1cccc(F)c1)c1cnc2c(OCc3ccccc3)cccn12)c1ccccc1. The Balaban J connectivity index is 1.43. The fraction of sp³-hybridized carbons (Fsp3) is 0.161. The number of fused-ring (bicyclic) bond motifs is 1. The van der Waals surface area contributed by atoms with Crippen LogP contribution in [0.4, 0.5) is 4.39 Å². The first-order valence-electron chi connectivity index (χ1n) is 12.3. The van der Waals surface area contributed by atoms with Gasteiger partial charge in [0.2, 0.25) is 5.91 Å². The lowest BCUT2D eigenvalue weighted by molar-refractivity contribution is -0.122. The number of aromatic nitrogens is 2. The highest BCUT2D eigenvalue weighted by Gasteiger charge is 2.24. The first kappa shape index (κ1) is 24.3. The van der Waals surface area contributed by atoms with Gasteiger partial charge in [-0.15, -0.1) is 0 Å². The molecule has 0 aliphatic rings. The number of halogens is 1. The van der Waals surface area contributed by atoms with E-state index in [-0.39, 0.29) is 24.2 Å². The molecule has 0 aliphatic carbocycles. The molecule has 186 valence electrons. The van der Waals surface area contributed by atoms with Crippen LogP contribution in [0.2, 0.25) is 0 Å². The molecule has 5 aromatic rings. The van der Waals surface area contributed by atoms with Crippen molar-refractivity contribution in [1.29, 1.82) is 0 Å². The summed E-state index contributed by atoms with van der Waals surface area (Å²) in [5, 5.41) is 3.08. The van der Waals surface area contributed by atoms with E-state index in [0.717, 1.165) is 16.8 Å². The predicted molar refractivity (Wildman–Crippen MR) is 142 cm³/mol. The molecule has 2 aromatic heterocycles. The van der Waals surface area contributed by atoms with E-state index < -0.39 is 5.92 Å². The summed E-state index contributed by atoms with van der Waals surface area (Å²) in [6.45, 7) is 2.37. The molecule has 3 aromatic carbocycles. The second-order valence-electron chi connectivity index (χ2n) is 9.03. The number of amides is 1. The van der Waals surface area contributed by atoms with Crippen molar-refractivity contribution in [2.24, 2.45) is 0 Å². The maximum Gasteiger partial charge on any atom is 0.221 e. The van der Waals surface area contributed by atoms with Crippen LogP contribution in [0, 0.1) is 5.82 Å². The third-order valence-electron chi connectivity index (χ3n) is 6.44. The molecular formula is C31H28FN3O2. The summed E-state index contributed by atoms with van der Waals surface area (Å²) in [5.74, 6) is -0.242. The van der Waals surface area contributed by atoms with Crippen molar-refractivity contribution in [2.45, 2.75) is 31.9 Å². The molecule has 0 spiro atoms. The second-order valence-corrected chi connectivity index (χ2v) is 9.03. The number of nitrogens with one attached hydrogen (secondary N) is 1. The lowest BCUT2D eigenvalue weighted by Gasteiger charge is -2.20. The minimum atomic E-state index is -0.405. The zero-order valence-electron chi connectivity index (χ0n) is 20.6. The summed E-state index contributed by atoms with van der Waals surface area (Å²) in [6.07, 6.45) is 3.78. The number of rotatable bonds is 9. The Hall–Kier alpha value is -4.45. The molecule has 2 heterocycles. The summed E-state index contributed by atoms with van der Waals surface area (Å²) in [7, 11) is 0. The van der Waals surface area contributed by atoms with E-state index >= 15 is 0 Å². The van der Waals surface area contributed by atoms with Crippen LogP contribution >= 0.6 is 0 Å². The van der Waals surface area contributed by atoms with Gasteiger partial charge in [0.1, 0.15) is 12.4 Å². The number of ether oxygens (including phenoxy) is 1. The van der Waals surface area contributed by atoms with Gasteiger partial charge in [-0.1, -0.05) is 72.8 Å². The van der Waals surface area contributed by atoms with Gasteiger partial charge in [-0.2, -0.15) is 0 Å². The van der Waals surface area contributed by atoms with E-state index in [2.05, 4.69) is 10.3 Å². The van der Waals surface area contributed by atoms with Crippen molar-refractivity contribution < 1.29 is 13.9 Å². The lowest BCUT2D eigenvalue weighted by atomic mass is 9.92. The highest BCUT2D eigenvalue weighted by atomic mass is 19.1. The van der Waals surface area contributed by atoms with Crippen LogP contribution in [0.25, 0.3) is 5.65 Å². The number of benzene rings is 3. The molecule has 37 heavy (non-hydrogen) atoms. The monoisotopic (exact) mass is 493 g/mol. The Morgan fingerprint density at radius 3 is 2.43 bits per heavy atom.